The maximum Gasteiger partial charge on any atom is 0.251 e. The minimum absolute atomic E-state index is 0.0376. The van der Waals surface area contributed by atoms with Gasteiger partial charge in [0.1, 0.15) is 11.6 Å². The summed E-state index contributed by atoms with van der Waals surface area (Å²) in [5.74, 6) is 2.38. The Kier molecular flexibility index (Phi) is 3.99. The largest absolute Gasteiger partial charge is 0.493 e. The van der Waals surface area contributed by atoms with Crippen molar-refractivity contribution in [2.75, 3.05) is 6.61 Å². The van der Waals surface area contributed by atoms with Gasteiger partial charge in [-0.05, 0) is 62.3 Å². The number of amides is 1. The molecule has 0 bridgehead atoms. The number of hydrogen-bond acceptors (Lipinski definition) is 4. The second-order valence-corrected chi connectivity index (χ2v) is 7.94. The zero-order valence-corrected chi connectivity index (χ0v) is 15.2. The van der Waals surface area contributed by atoms with E-state index in [0.29, 0.717) is 11.5 Å². The molecule has 140 valence electrons. The number of carbonyl (C=O) groups is 1. The van der Waals surface area contributed by atoms with E-state index >= 15 is 0 Å². The van der Waals surface area contributed by atoms with Gasteiger partial charge in [0.15, 0.2) is 0 Å². The molecule has 0 unspecified atom stereocenters. The monoisotopic (exact) mass is 365 g/mol. The number of aromatic nitrogens is 2. The van der Waals surface area contributed by atoms with Gasteiger partial charge in [0.25, 0.3) is 11.5 Å². The zero-order valence-electron chi connectivity index (χ0n) is 15.2. The highest BCUT2D eigenvalue weighted by molar-refractivity contribution is 5.94. The molecule has 0 radical (unpaired) electrons. The maximum atomic E-state index is 12.6. The lowest BCUT2D eigenvalue weighted by molar-refractivity contribution is 0.0908. The molecule has 0 saturated heterocycles. The summed E-state index contributed by atoms with van der Waals surface area (Å²) in [6, 6.07) is 7.42. The van der Waals surface area contributed by atoms with Gasteiger partial charge in [0, 0.05) is 29.5 Å². The molecular formula is C21H23N3O3. The Labute approximate surface area is 157 Å². The molecule has 5 rings (SSSR count). The molecule has 1 amide bonds. The van der Waals surface area contributed by atoms with Crippen LogP contribution in [-0.4, -0.2) is 28.5 Å². The molecule has 2 N–H and O–H groups in total. The van der Waals surface area contributed by atoms with Crippen LogP contribution in [0.4, 0.5) is 0 Å². The molecule has 2 saturated carbocycles. The van der Waals surface area contributed by atoms with Gasteiger partial charge >= 0.3 is 0 Å². The molecule has 1 aromatic heterocycles. The Hall–Kier alpha value is -2.63. The van der Waals surface area contributed by atoms with E-state index in [-0.39, 0.29) is 23.4 Å². The zero-order chi connectivity index (χ0) is 18.4. The minimum atomic E-state index is -0.0642. The molecule has 1 aromatic carbocycles. The van der Waals surface area contributed by atoms with E-state index in [9.17, 15) is 9.59 Å². The van der Waals surface area contributed by atoms with Crippen molar-refractivity contribution in [3.05, 3.63) is 57.3 Å². The number of nitrogens with zero attached hydrogens (tertiary/aromatic N) is 1. The SMILES string of the molecule is O=C(NC1CC(c2cc(=O)[nH]c(C3CC3)n2)C1)c1ccc2c(c1)CCCO2. The van der Waals surface area contributed by atoms with E-state index in [4.69, 9.17) is 4.74 Å². The van der Waals surface area contributed by atoms with Crippen LogP contribution in [-0.2, 0) is 6.42 Å². The Morgan fingerprint density at radius 1 is 1.19 bits per heavy atom. The van der Waals surface area contributed by atoms with Crippen molar-refractivity contribution in [3.8, 4) is 5.75 Å². The van der Waals surface area contributed by atoms with Crippen LogP contribution in [0.3, 0.4) is 0 Å². The topological polar surface area (TPSA) is 84.1 Å². The van der Waals surface area contributed by atoms with E-state index in [0.717, 1.165) is 68.0 Å². The van der Waals surface area contributed by atoms with Gasteiger partial charge in [-0.15, -0.1) is 0 Å². The minimum Gasteiger partial charge on any atom is -0.493 e. The van der Waals surface area contributed by atoms with Crippen LogP contribution < -0.4 is 15.6 Å². The molecule has 2 heterocycles. The normalized spacial score (nSPS) is 23.7. The van der Waals surface area contributed by atoms with Gasteiger partial charge in [0.05, 0.1) is 12.3 Å². The summed E-state index contributed by atoms with van der Waals surface area (Å²) in [6.45, 7) is 0.751. The number of nitrogens with one attached hydrogen (secondary N) is 2. The average Bonchev–Trinajstić information content (AvgIpc) is 3.48. The van der Waals surface area contributed by atoms with Crippen molar-refractivity contribution in [3.63, 3.8) is 0 Å². The van der Waals surface area contributed by atoms with Crippen LogP contribution in [0.5, 0.6) is 5.75 Å². The Morgan fingerprint density at radius 3 is 2.85 bits per heavy atom. The third kappa shape index (κ3) is 3.36. The number of rotatable bonds is 4. The van der Waals surface area contributed by atoms with Crippen molar-refractivity contribution in [2.24, 2.45) is 0 Å². The van der Waals surface area contributed by atoms with Crippen molar-refractivity contribution >= 4 is 5.91 Å². The lowest BCUT2D eigenvalue weighted by Gasteiger charge is -2.35. The molecule has 6 nitrogen and oxygen atoms in total. The Balaban J connectivity index is 1.21. The second kappa shape index (κ2) is 6.51. The quantitative estimate of drug-likeness (QED) is 0.872. The number of aromatic amines is 1. The van der Waals surface area contributed by atoms with Crippen molar-refractivity contribution in [1.82, 2.24) is 15.3 Å². The van der Waals surface area contributed by atoms with Gasteiger partial charge in [-0.2, -0.15) is 0 Å². The summed E-state index contributed by atoms with van der Waals surface area (Å²) in [5, 5.41) is 3.11. The molecule has 2 fully saturated rings. The molecule has 1 aliphatic heterocycles. The van der Waals surface area contributed by atoms with Gasteiger partial charge in [-0.3, -0.25) is 9.59 Å². The second-order valence-electron chi connectivity index (χ2n) is 7.94. The summed E-state index contributed by atoms with van der Waals surface area (Å²) in [5.41, 5.74) is 2.61. The fourth-order valence-corrected chi connectivity index (χ4v) is 4.00. The predicted molar refractivity (Wildman–Crippen MR) is 100 cm³/mol. The van der Waals surface area contributed by atoms with Crippen LogP contribution in [0, 0.1) is 0 Å². The highest BCUT2D eigenvalue weighted by atomic mass is 16.5. The number of hydrogen-bond donors (Lipinski definition) is 2. The molecule has 0 atom stereocenters. The number of fused-ring (bicyclic) bond motifs is 1. The third-order valence-electron chi connectivity index (χ3n) is 5.81. The first-order valence-electron chi connectivity index (χ1n) is 9.83. The summed E-state index contributed by atoms with van der Waals surface area (Å²) < 4.78 is 5.61. The molecule has 0 spiro atoms. The van der Waals surface area contributed by atoms with Crippen molar-refractivity contribution in [2.45, 2.75) is 56.4 Å². The highest BCUT2D eigenvalue weighted by Gasteiger charge is 2.34. The van der Waals surface area contributed by atoms with Crippen LogP contribution >= 0.6 is 0 Å². The third-order valence-corrected chi connectivity index (χ3v) is 5.81. The van der Waals surface area contributed by atoms with Crippen molar-refractivity contribution in [1.29, 1.82) is 0 Å². The summed E-state index contributed by atoms with van der Waals surface area (Å²) in [6.07, 6.45) is 5.85. The first kappa shape index (κ1) is 16.5. The molecule has 3 aliphatic rings. The maximum absolute atomic E-state index is 12.6. The molecule has 6 heteroatoms. The van der Waals surface area contributed by atoms with E-state index in [1.807, 2.05) is 18.2 Å². The summed E-state index contributed by atoms with van der Waals surface area (Å²) in [7, 11) is 0. The van der Waals surface area contributed by atoms with Crippen molar-refractivity contribution < 1.29 is 9.53 Å². The standard InChI is InChI=1S/C21H23N3O3/c25-19-11-17(23-20(24-19)12-3-4-12)15-9-16(10-15)22-21(26)14-5-6-18-13(8-14)2-1-7-27-18/h5-6,8,11-12,15-16H,1-4,7,9-10H2,(H,22,26)(H,23,24,25). The average molecular weight is 365 g/mol. The van der Waals surface area contributed by atoms with Crippen LogP contribution in [0.15, 0.2) is 29.1 Å². The van der Waals surface area contributed by atoms with E-state index in [1.54, 1.807) is 6.07 Å². The molecule has 2 aromatic rings. The number of ether oxygens (including phenoxy) is 1. The van der Waals surface area contributed by atoms with Gasteiger partial charge in [-0.25, -0.2) is 4.98 Å². The van der Waals surface area contributed by atoms with Gasteiger partial charge in [-0.1, -0.05) is 0 Å². The van der Waals surface area contributed by atoms with Gasteiger partial charge in [0.2, 0.25) is 0 Å². The number of carbonyl (C=O) groups excluding carboxylic acids is 1. The smallest absolute Gasteiger partial charge is 0.251 e. The number of aryl methyl sites for hydroxylation is 1. The molecular weight excluding hydrogens is 342 g/mol. The van der Waals surface area contributed by atoms with E-state index in [1.165, 1.54) is 0 Å². The fourth-order valence-electron chi connectivity index (χ4n) is 4.00. The highest BCUT2D eigenvalue weighted by Crippen LogP contribution is 2.40. The van der Waals surface area contributed by atoms with Crippen LogP contribution in [0.1, 0.15) is 71.4 Å². The first-order chi connectivity index (χ1) is 13.2. The molecule has 27 heavy (non-hydrogen) atoms. The van der Waals surface area contributed by atoms with Crippen LogP contribution in [0.25, 0.3) is 0 Å². The summed E-state index contributed by atoms with van der Waals surface area (Å²) >= 11 is 0. The lowest BCUT2D eigenvalue weighted by Crippen LogP contribution is -2.43. The first-order valence-corrected chi connectivity index (χ1v) is 9.83. The van der Waals surface area contributed by atoms with Crippen LogP contribution in [0.2, 0.25) is 0 Å². The fraction of sp³-hybridized carbons (Fsp3) is 0.476. The van der Waals surface area contributed by atoms with E-state index < -0.39 is 0 Å². The number of benzene rings is 1. The lowest BCUT2D eigenvalue weighted by atomic mass is 9.78. The molecule has 2 aliphatic carbocycles. The van der Waals surface area contributed by atoms with E-state index in [2.05, 4.69) is 15.3 Å². The predicted octanol–water partition coefficient (Wildman–Crippen LogP) is 2.65. The summed E-state index contributed by atoms with van der Waals surface area (Å²) in [4.78, 5) is 31.9. The Morgan fingerprint density at radius 2 is 2.04 bits per heavy atom. The Bertz CT molecular complexity index is 942. The van der Waals surface area contributed by atoms with Gasteiger partial charge < -0.3 is 15.0 Å². The number of H-pyrrole nitrogens is 1.